The van der Waals surface area contributed by atoms with Gasteiger partial charge in [0.1, 0.15) is 8.64 Å². The zero-order valence-electron chi connectivity index (χ0n) is 12.3. The largest absolute Gasteiger partial charge is 0.378 e. The number of hydrogen-bond donors (Lipinski definition) is 0. The second-order valence-corrected chi connectivity index (χ2v) is 8.07. The number of rotatable bonds is 4. The Morgan fingerprint density at radius 1 is 0.818 bits per heavy atom. The van der Waals surface area contributed by atoms with Crippen LogP contribution in [0, 0.1) is 0 Å². The van der Waals surface area contributed by atoms with Crippen molar-refractivity contribution in [2.24, 2.45) is 0 Å². The van der Waals surface area contributed by atoms with E-state index >= 15 is 0 Å². The molecule has 0 saturated carbocycles. The molecule has 0 unspecified atom stereocenters. The van der Waals surface area contributed by atoms with Crippen LogP contribution in [-0.2, 0) is 14.3 Å². The second kappa shape index (κ2) is 10.0. The lowest BCUT2D eigenvalue weighted by atomic mass is 10.5. The van der Waals surface area contributed by atoms with E-state index in [0.717, 1.165) is 34.8 Å². The zero-order chi connectivity index (χ0) is 15.8. The van der Waals surface area contributed by atoms with Crippen LogP contribution >= 0.6 is 48.0 Å². The average molecular weight is 381 g/mol. The van der Waals surface area contributed by atoms with Gasteiger partial charge in [-0.25, -0.2) is 0 Å². The van der Waals surface area contributed by atoms with Crippen molar-refractivity contribution in [2.45, 2.75) is 0 Å². The number of nitrogens with zero attached hydrogens (tertiary/aromatic N) is 2. The van der Waals surface area contributed by atoms with Gasteiger partial charge in [0.25, 0.3) is 0 Å². The fourth-order valence-corrected chi connectivity index (χ4v) is 4.35. The van der Waals surface area contributed by atoms with Crippen molar-refractivity contribution in [1.29, 1.82) is 0 Å². The minimum atomic E-state index is 0.168. The average Bonchev–Trinajstić information content (AvgIpc) is 2.59. The summed E-state index contributed by atoms with van der Waals surface area (Å²) in [6, 6.07) is 0. The summed E-state index contributed by atoms with van der Waals surface area (Å²) in [5.74, 6) is 0.991. The molecule has 0 spiro atoms. The molecular weight excluding hydrogens is 360 g/mol. The SMILES string of the molecule is O=C(CSC(=S)N1CCOCC1)CSC(=S)N1CCOCC1. The molecule has 0 N–H and O–H groups in total. The molecule has 0 radical (unpaired) electrons. The Labute approximate surface area is 150 Å². The van der Waals surface area contributed by atoms with E-state index in [1.54, 1.807) is 0 Å². The van der Waals surface area contributed by atoms with Crippen molar-refractivity contribution in [1.82, 2.24) is 9.80 Å². The first-order valence-electron chi connectivity index (χ1n) is 7.17. The smallest absolute Gasteiger partial charge is 0.153 e. The van der Waals surface area contributed by atoms with E-state index in [4.69, 9.17) is 33.9 Å². The van der Waals surface area contributed by atoms with E-state index in [1.165, 1.54) is 23.5 Å². The maximum absolute atomic E-state index is 12.0. The molecule has 0 atom stereocenters. The number of ether oxygens (including phenoxy) is 2. The van der Waals surface area contributed by atoms with Gasteiger partial charge in [-0.15, -0.1) is 0 Å². The normalized spacial score (nSPS) is 19.1. The van der Waals surface area contributed by atoms with Gasteiger partial charge in [-0.05, 0) is 0 Å². The molecular formula is C13H20N2O3S4. The summed E-state index contributed by atoms with van der Waals surface area (Å²) < 4.78 is 12.2. The fourth-order valence-electron chi connectivity index (χ4n) is 2.00. The van der Waals surface area contributed by atoms with Crippen molar-refractivity contribution in [3.05, 3.63) is 0 Å². The lowest BCUT2D eigenvalue weighted by molar-refractivity contribution is -0.114. The molecule has 2 heterocycles. The Kier molecular flexibility index (Phi) is 8.40. The number of ketones is 1. The van der Waals surface area contributed by atoms with Gasteiger partial charge in [0, 0.05) is 26.2 Å². The quantitative estimate of drug-likeness (QED) is 0.670. The molecule has 2 aliphatic heterocycles. The minimum Gasteiger partial charge on any atom is -0.378 e. The molecule has 0 amide bonds. The maximum Gasteiger partial charge on any atom is 0.153 e. The van der Waals surface area contributed by atoms with Gasteiger partial charge in [-0.2, -0.15) is 0 Å². The summed E-state index contributed by atoms with van der Waals surface area (Å²) in [5, 5.41) is 0. The summed E-state index contributed by atoms with van der Waals surface area (Å²) in [6.45, 7) is 6.09. The topological polar surface area (TPSA) is 42.0 Å². The van der Waals surface area contributed by atoms with Crippen molar-refractivity contribution in [3.63, 3.8) is 0 Å². The van der Waals surface area contributed by atoms with E-state index in [9.17, 15) is 4.79 Å². The van der Waals surface area contributed by atoms with Crippen LogP contribution < -0.4 is 0 Å². The lowest BCUT2D eigenvalue weighted by Gasteiger charge is -2.29. The first kappa shape index (κ1) is 18.4. The van der Waals surface area contributed by atoms with E-state index in [1.807, 2.05) is 0 Å². The number of carbonyl (C=O) groups is 1. The first-order valence-corrected chi connectivity index (χ1v) is 9.96. The predicted octanol–water partition coefficient (Wildman–Crippen LogP) is 1.26. The summed E-state index contributed by atoms with van der Waals surface area (Å²) in [6.07, 6.45) is 0. The van der Waals surface area contributed by atoms with Crippen LogP contribution in [0.2, 0.25) is 0 Å². The third kappa shape index (κ3) is 6.29. The highest BCUT2D eigenvalue weighted by Gasteiger charge is 2.17. The fraction of sp³-hybridized carbons (Fsp3) is 0.769. The highest BCUT2D eigenvalue weighted by atomic mass is 32.2. The number of thiocarbonyl (C=S) groups is 2. The molecule has 22 heavy (non-hydrogen) atoms. The van der Waals surface area contributed by atoms with Crippen LogP contribution in [0.4, 0.5) is 0 Å². The molecule has 2 saturated heterocycles. The Morgan fingerprint density at radius 3 is 1.55 bits per heavy atom. The van der Waals surface area contributed by atoms with Gasteiger partial charge in [0.2, 0.25) is 0 Å². The van der Waals surface area contributed by atoms with Crippen molar-refractivity contribution >= 4 is 62.4 Å². The first-order chi connectivity index (χ1) is 10.7. The van der Waals surface area contributed by atoms with Gasteiger partial charge in [-0.1, -0.05) is 48.0 Å². The predicted molar refractivity (Wildman–Crippen MR) is 99.9 cm³/mol. The molecule has 2 rings (SSSR count). The monoisotopic (exact) mass is 380 g/mol. The molecule has 2 aliphatic rings. The molecule has 124 valence electrons. The number of hydrogen-bond acceptors (Lipinski definition) is 7. The number of Topliss-reactive ketones (excluding diaryl/α,β-unsaturated/α-hetero) is 1. The Morgan fingerprint density at radius 2 is 1.18 bits per heavy atom. The van der Waals surface area contributed by atoms with Gasteiger partial charge < -0.3 is 19.3 Å². The number of morpholine rings is 2. The number of carbonyl (C=O) groups excluding carboxylic acids is 1. The molecule has 0 aromatic heterocycles. The van der Waals surface area contributed by atoms with Gasteiger partial charge in [0.05, 0.1) is 37.9 Å². The molecule has 0 aromatic carbocycles. The standard InChI is InChI=1S/C13H20N2O3S4/c16-11(9-21-12(19)14-1-5-17-6-2-14)10-22-13(20)15-3-7-18-8-4-15/h1-10H2. The van der Waals surface area contributed by atoms with Crippen molar-refractivity contribution in [2.75, 3.05) is 64.1 Å². The van der Waals surface area contributed by atoms with Crippen LogP contribution in [-0.4, -0.2) is 88.3 Å². The van der Waals surface area contributed by atoms with E-state index in [0.29, 0.717) is 37.9 Å². The third-order valence-corrected chi connectivity index (χ3v) is 6.42. The van der Waals surface area contributed by atoms with Crippen LogP contribution in [0.5, 0.6) is 0 Å². The molecule has 5 nitrogen and oxygen atoms in total. The van der Waals surface area contributed by atoms with Crippen molar-refractivity contribution in [3.8, 4) is 0 Å². The molecule has 2 fully saturated rings. The van der Waals surface area contributed by atoms with Crippen molar-refractivity contribution < 1.29 is 14.3 Å². The van der Waals surface area contributed by atoms with Crippen LogP contribution in [0.25, 0.3) is 0 Å². The molecule has 9 heteroatoms. The molecule has 0 aromatic rings. The van der Waals surface area contributed by atoms with Gasteiger partial charge in [-0.3, -0.25) is 4.79 Å². The van der Waals surface area contributed by atoms with Crippen LogP contribution in [0.1, 0.15) is 0 Å². The minimum absolute atomic E-state index is 0.168. The van der Waals surface area contributed by atoms with Crippen LogP contribution in [0.3, 0.4) is 0 Å². The highest BCUT2D eigenvalue weighted by Crippen LogP contribution is 2.15. The van der Waals surface area contributed by atoms with Crippen LogP contribution in [0.15, 0.2) is 0 Å². The van der Waals surface area contributed by atoms with E-state index in [2.05, 4.69) is 9.80 Å². The second-order valence-electron chi connectivity index (χ2n) is 4.85. The summed E-state index contributed by atoms with van der Waals surface area (Å²) in [7, 11) is 0. The summed E-state index contributed by atoms with van der Waals surface area (Å²) >= 11 is 13.6. The zero-order valence-corrected chi connectivity index (χ0v) is 15.6. The van der Waals surface area contributed by atoms with Gasteiger partial charge in [0.15, 0.2) is 5.78 Å². The van der Waals surface area contributed by atoms with E-state index < -0.39 is 0 Å². The lowest BCUT2D eigenvalue weighted by Crippen LogP contribution is -2.39. The Balaban J connectivity index is 1.60. The van der Waals surface area contributed by atoms with E-state index in [-0.39, 0.29) is 5.78 Å². The van der Waals surface area contributed by atoms with Gasteiger partial charge >= 0.3 is 0 Å². The highest BCUT2D eigenvalue weighted by molar-refractivity contribution is 8.24. The number of thioether (sulfide) groups is 2. The summed E-state index contributed by atoms with van der Waals surface area (Å²) in [4.78, 5) is 16.2. The Hall–Kier alpha value is 0.0700. The molecule has 0 bridgehead atoms. The Bertz CT molecular complexity index is 374. The maximum atomic E-state index is 12.0. The summed E-state index contributed by atoms with van der Waals surface area (Å²) in [5.41, 5.74) is 0. The third-order valence-electron chi connectivity index (χ3n) is 3.25. The molecule has 0 aliphatic carbocycles.